The zero-order valence-electron chi connectivity index (χ0n) is 9.16. The van der Waals surface area contributed by atoms with Crippen molar-refractivity contribution in [2.45, 2.75) is 6.18 Å². The van der Waals surface area contributed by atoms with E-state index in [1.807, 2.05) is 4.98 Å². The van der Waals surface area contributed by atoms with Crippen LogP contribution in [0.1, 0.15) is 5.56 Å². The van der Waals surface area contributed by atoms with Crippen molar-refractivity contribution in [1.29, 1.82) is 0 Å². The molecule has 0 aliphatic heterocycles. The maximum absolute atomic E-state index is 13.8. The smallest absolute Gasteiger partial charge is 0.274 e. The van der Waals surface area contributed by atoms with E-state index in [1.54, 1.807) is 0 Å². The maximum atomic E-state index is 13.8. The lowest BCUT2D eigenvalue weighted by atomic mass is 10.1. The zero-order chi connectivity index (χ0) is 14.2. The van der Waals surface area contributed by atoms with Crippen LogP contribution < -0.4 is 11.2 Å². The molecule has 4 nitrogen and oxygen atoms in total. The van der Waals surface area contributed by atoms with Gasteiger partial charge in [-0.2, -0.15) is 13.2 Å². The molecule has 0 spiro atoms. The Morgan fingerprint density at radius 3 is 2.37 bits per heavy atom. The summed E-state index contributed by atoms with van der Waals surface area (Å²) in [6, 6.07) is 3.44. The Morgan fingerprint density at radius 1 is 1.11 bits per heavy atom. The van der Waals surface area contributed by atoms with Crippen LogP contribution in [0.2, 0.25) is 0 Å². The first-order valence-corrected chi connectivity index (χ1v) is 4.99. The number of hydrogen-bond acceptors (Lipinski definition) is 2. The van der Waals surface area contributed by atoms with Gasteiger partial charge >= 0.3 is 11.9 Å². The number of aromatic nitrogens is 2. The molecular weight excluding hydrogens is 268 g/mol. The number of H-pyrrole nitrogens is 1. The zero-order valence-corrected chi connectivity index (χ0v) is 9.16. The lowest BCUT2D eigenvalue weighted by molar-refractivity contribution is -0.140. The molecule has 19 heavy (non-hydrogen) atoms. The minimum atomic E-state index is -4.87. The molecule has 0 unspecified atom stereocenters. The normalized spacial score (nSPS) is 11.6. The van der Waals surface area contributed by atoms with E-state index in [2.05, 4.69) is 0 Å². The minimum Gasteiger partial charge on any atom is -0.274 e. The molecule has 0 saturated heterocycles. The topological polar surface area (TPSA) is 54.9 Å². The van der Waals surface area contributed by atoms with Crippen molar-refractivity contribution in [2.75, 3.05) is 0 Å². The van der Waals surface area contributed by atoms with Crippen LogP contribution in [-0.2, 0) is 6.18 Å². The van der Waals surface area contributed by atoms with Crippen LogP contribution in [-0.4, -0.2) is 9.55 Å². The van der Waals surface area contributed by atoms with Gasteiger partial charge in [0, 0.05) is 12.3 Å². The molecule has 0 fully saturated rings. The number of alkyl halides is 3. The molecule has 1 aromatic heterocycles. The Balaban J connectivity index is 2.71. The molecule has 0 saturated carbocycles. The van der Waals surface area contributed by atoms with Gasteiger partial charge in [0.05, 0.1) is 11.3 Å². The molecular formula is C11H6F4N2O2. The molecule has 100 valence electrons. The molecule has 2 aromatic rings. The third-order valence-corrected chi connectivity index (χ3v) is 2.37. The highest BCUT2D eigenvalue weighted by Gasteiger charge is 2.35. The van der Waals surface area contributed by atoms with Gasteiger partial charge in [-0.3, -0.25) is 14.3 Å². The van der Waals surface area contributed by atoms with Crippen LogP contribution in [0.4, 0.5) is 17.6 Å². The Bertz CT molecular complexity index is 730. The number of nitrogens with zero attached hydrogens (tertiary/aromatic N) is 1. The summed E-state index contributed by atoms with van der Waals surface area (Å²) in [5.41, 5.74) is -3.82. The first-order chi connectivity index (χ1) is 8.80. The van der Waals surface area contributed by atoms with E-state index in [4.69, 9.17) is 0 Å². The first kappa shape index (κ1) is 13.1. The highest BCUT2D eigenvalue weighted by molar-refractivity contribution is 5.39. The van der Waals surface area contributed by atoms with Crippen LogP contribution >= 0.6 is 0 Å². The standard InChI is InChI=1S/C11H6F4N2O2/c12-9-6(11(13,14)15)2-1-3-7(9)17-5-4-8(18)16-10(17)19/h1-5H,(H,16,18,19). The fourth-order valence-corrected chi connectivity index (χ4v) is 1.53. The van der Waals surface area contributed by atoms with E-state index in [0.717, 1.165) is 24.4 Å². The molecule has 0 radical (unpaired) electrons. The molecule has 1 aromatic carbocycles. The molecule has 2 rings (SSSR count). The highest BCUT2D eigenvalue weighted by atomic mass is 19.4. The molecule has 0 amide bonds. The van der Waals surface area contributed by atoms with Crippen LogP contribution in [0, 0.1) is 5.82 Å². The lowest BCUT2D eigenvalue weighted by Crippen LogP contribution is -2.28. The number of nitrogens with one attached hydrogen (secondary N) is 1. The van der Waals surface area contributed by atoms with Gasteiger partial charge in [0.2, 0.25) is 0 Å². The van der Waals surface area contributed by atoms with Crippen LogP contribution in [0.3, 0.4) is 0 Å². The van der Waals surface area contributed by atoms with Gasteiger partial charge in [0.1, 0.15) is 0 Å². The minimum absolute atomic E-state index is 0.565. The Labute approximate surface area is 102 Å². The van der Waals surface area contributed by atoms with E-state index >= 15 is 0 Å². The van der Waals surface area contributed by atoms with Gasteiger partial charge in [-0.05, 0) is 12.1 Å². The molecule has 0 bridgehead atoms. The number of benzene rings is 1. The van der Waals surface area contributed by atoms with Crippen LogP contribution in [0.15, 0.2) is 40.1 Å². The van der Waals surface area contributed by atoms with Crippen LogP contribution in [0.5, 0.6) is 0 Å². The third-order valence-electron chi connectivity index (χ3n) is 2.37. The summed E-state index contributed by atoms with van der Waals surface area (Å²) >= 11 is 0. The lowest BCUT2D eigenvalue weighted by Gasteiger charge is -2.12. The summed E-state index contributed by atoms with van der Waals surface area (Å²) in [7, 11) is 0. The second-order valence-electron chi connectivity index (χ2n) is 3.62. The molecule has 0 aliphatic carbocycles. The largest absolute Gasteiger partial charge is 0.419 e. The second kappa shape index (κ2) is 4.38. The average Bonchev–Trinajstić information content (AvgIpc) is 2.28. The number of rotatable bonds is 1. The van der Waals surface area contributed by atoms with E-state index in [-0.39, 0.29) is 0 Å². The van der Waals surface area contributed by atoms with Crippen molar-refractivity contribution >= 4 is 0 Å². The van der Waals surface area contributed by atoms with Crippen LogP contribution in [0.25, 0.3) is 5.69 Å². The highest BCUT2D eigenvalue weighted by Crippen LogP contribution is 2.32. The SMILES string of the molecule is O=c1ccn(-c2cccc(C(F)(F)F)c2F)c(=O)[nH]1. The van der Waals surface area contributed by atoms with Crippen molar-refractivity contribution in [3.8, 4) is 5.69 Å². The van der Waals surface area contributed by atoms with Gasteiger partial charge in [-0.15, -0.1) is 0 Å². The van der Waals surface area contributed by atoms with E-state index in [1.165, 1.54) is 0 Å². The summed E-state index contributed by atoms with van der Waals surface area (Å²) in [5.74, 6) is -1.58. The van der Waals surface area contributed by atoms with Gasteiger partial charge in [-0.25, -0.2) is 9.18 Å². The average molecular weight is 274 g/mol. The van der Waals surface area contributed by atoms with Gasteiger partial charge in [-0.1, -0.05) is 6.07 Å². The first-order valence-electron chi connectivity index (χ1n) is 4.99. The summed E-state index contributed by atoms with van der Waals surface area (Å²) in [6.45, 7) is 0. The van der Waals surface area contributed by atoms with Crippen molar-refractivity contribution in [2.24, 2.45) is 0 Å². The summed E-state index contributed by atoms with van der Waals surface area (Å²) < 4.78 is 51.9. The summed E-state index contributed by atoms with van der Waals surface area (Å²) in [4.78, 5) is 24.1. The number of halogens is 4. The Morgan fingerprint density at radius 2 is 1.79 bits per heavy atom. The third kappa shape index (κ3) is 2.42. The van der Waals surface area contributed by atoms with Crippen molar-refractivity contribution in [3.05, 3.63) is 62.7 Å². The van der Waals surface area contributed by atoms with E-state index in [0.29, 0.717) is 10.6 Å². The van der Waals surface area contributed by atoms with Gasteiger partial charge in [0.15, 0.2) is 5.82 Å². The Hall–Kier alpha value is -2.38. The van der Waals surface area contributed by atoms with E-state index < -0.39 is 34.5 Å². The van der Waals surface area contributed by atoms with Gasteiger partial charge < -0.3 is 0 Å². The number of aromatic amines is 1. The second-order valence-corrected chi connectivity index (χ2v) is 3.62. The maximum Gasteiger partial charge on any atom is 0.419 e. The summed E-state index contributed by atoms with van der Waals surface area (Å²) in [5, 5.41) is 0. The predicted octanol–water partition coefficient (Wildman–Crippen LogP) is 1.68. The molecule has 8 heteroatoms. The van der Waals surface area contributed by atoms with E-state index in [9.17, 15) is 27.2 Å². The fourth-order valence-electron chi connectivity index (χ4n) is 1.53. The molecule has 1 heterocycles. The van der Waals surface area contributed by atoms with Crippen molar-refractivity contribution < 1.29 is 17.6 Å². The fraction of sp³-hybridized carbons (Fsp3) is 0.0909. The van der Waals surface area contributed by atoms with Crippen molar-refractivity contribution in [1.82, 2.24) is 9.55 Å². The summed E-state index contributed by atoms with van der Waals surface area (Å²) in [6.07, 6.45) is -3.97. The predicted molar refractivity (Wildman–Crippen MR) is 57.6 cm³/mol. The molecule has 0 aliphatic rings. The monoisotopic (exact) mass is 274 g/mol. The Kier molecular flexibility index (Phi) is 3.01. The molecule has 1 N–H and O–H groups in total. The molecule has 0 atom stereocenters. The van der Waals surface area contributed by atoms with Gasteiger partial charge in [0.25, 0.3) is 5.56 Å². The van der Waals surface area contributed by atoms with Crippen molar-refractivity contribution in [3.63, 3.8) is 0 Å². The number of hydrogen-bond donors (Lipinski definition) is 1. The quantitative estimate of drug-likeness (QED) is 0.804.